The van der Waals surface area contributed by atoms with Crippen LogP contribution in [0.2, 0.25) is 0 Å². The fourth-order valence-corrected chi connectivity index (χ4v) is 2.84. The van der Waals surface area contributed by atoms with E-state index in [0.29, 0.717) is 0 Å². The van der Waals surface area contributed by atoms with Crippen molar-refractivity contribution < 1.29 is 4.79 Å². The molecule has 12 heavy (non-hydrogen) atoms. The Morgan fingerprint density at radius 3 is 2.58 bits per heavy atom. The fraction of sp³-hybridized carbons (Fsp3) is 0.800. The van der Waals surface area contributed by atoms with Crippen molar-refractivity contribution in [2.45, 2.75) is 38.5 Å². The van der Waals surface area contributed by atoms with Crippen LogP contribution in [0.4, 0.5) is 0 Å². The van der Waals surface area contributed by atoms with Crippen molar-refractivity contribution in [1.29, 1.82) is 5.26 Å². The van der Waals surface area contributed by atoms with Crippen LogP contribution in [0.5, 0.6) is 0 Å². The quantitative estimate of drug-likeness (QED) is 0.625. The van der Waals surface area contributed by atoms with Gasteiger partial charge in [0.05, 0.1) is 12.5 Å². The molecule has 0 radical (unpaired) electrons. The first-order chi connectivity index (χ1) is 5.77. The lowest BCUT2D eigenvalue weighted by Gasteiger charge is -2.23. The molecule has 0 spiro atoms. The number of carbonyl (C=O) groups is 1. The van der Waals surface area contributed by atoms with Crippen molar-refractivity contribution in [3.8, 4) is 6.07 Å². The van der Waals surface area contributed by atoms with Crippen LogP contribution in [0.3, 0.4) is 0 Å². The molecule has 0 aromatic heterocycles. The molecule has 0 heterocycles. The van der Waals surface area contributed by atoms with Gasteiger partial charge < -0.3 is 0 Å². The van der Waals surface area contributed by atoms with Crippen molar-refractivity contribution >= 4 is 5.78 Å². The van der Waals surface area contributed by atoms with Gasteiger partial charge in [-0.1, -0.05) is 0 Å². The topological polar surface area (TPSA) is 40.9 Å². The molecule has 2 rings (SSSR count). The smallest absolute Gasteiger partial charge is 0.153 e. The highest BCUT2D eigenvalue weighted by Crippen LogP contribution is 2.54. The Labute approximate surface area is 72.6 Å². The molecule has 2 nitrogen and oxygen atoms in total. The molecular formula is C10H13NO. The van der Waals surface area contributed by atoms with Crippen molar-refractivity contribution in [1.82, 2.24) is 0 Å². The number of fused-ring (bicyclic) bond motifs is 2. The summed E-state index contributed by atoms with van der Waals surface area (Å²) in [5.74, 6) is 1.01. The average Bonchev–Trinajstić information content (AvgIpc) is 2.64. The second kappa shape index (κ2) is 2.58. The first kappa shape index (κ1) is 7.79. The lowest BCUT2D eigenvalue weighted by molar-refractivity contribution is -0.127. The van der Waals surface area contributed by atoms with E-state index in [0.717, 1.165) is 25.2 Å². The largest absolute Gasteiger partial charge is 0.298 e. The molecule has 0 N–H and O–H groups in total. The molecule has 64 valence electrons. The van der Waals surface area contributed by atoms with Gasteiger partial charge in [0.25, 0.3) is 0 Å². The van der Waals surface area contributed by atoms with E-state index in [9.17, 15) is 4.79 Å². The molecule has 0 amide bonds. The van der Waals surface area contributed by atoms with Gasteiger partial charge in [0.15, 0.2) is 5.78 Å². The first-order valence-electron chi connectivity index (χ1n) is 4.67. The molecule has 2 fully saturated rings. The number of nitriles is 1. The van der Waals surface area contributed by atoms with Crippen LogP contribution < -0.4 is 0 Å². The number of carbonyl (C=O) groups excluding carboxylic acids is 1. The molecule has 2 aliphatic rings. The lowest BCUT2D eigenvalue weighted by Crippen LogP contribution is -2.25. The standard InChI is InChI=1S/C10H13NO/c11-6-3-9(12)10-4-1-8(7-10)2-5-10/h8H,1-5,7H2. The molecule has 2 heteroatoms. The summed E-state index contributed by atoms with van der Waals surface area (Å²) in [4.78, 5) is 11.6. The van der Waals surface area contributed by atoms with Crippen LogP contribution in [0.15, 0.2) is 0 Å². The molecule has 0 unspecified atom stereocenters. The van der Waals surface area contributed by atoms with Crippen molar-refractivity contribution in [3.05, 3.63) is 0 Å². The van der Waals surface area contributed by atoms with Crippen molar-refractivity contribution in [2.24, 2.45) is 11.3 Å². The lowest BCUT2D eigenvalue weighted by atomic mass is 9.79. The van der Waals surface area contributed by atoms with Crippen molar-refractivity contribution in [2.75, 3.05) is 0 Å². The highest BCUT2D eigenvalue weighted by Gasteiger charge is 2.49. The third-order valence-electron chi connectivity index (χ3n) is 3.57. The predicted octanol–water partition coefficient (Wildman–Crippen LogP) is 2.05. The van der Waals surface area contributed by atoms with Crippen LogP contribution >= 0.6 is 0 Å². The number of hydrogen-bond donors (Lipinski definition) is 0. The van der Waals surface area contributed by atoms with Gasteiger partial charge in [0.2, 0.25) is 0 Å². The molecule has 0 aromatic carbocycles. The zero-order valence-corrected chi connectivity index (χ0v) is 7.18. The monoisotopic (exact) mass is 163 g/mol. The van der Waals surface area contributed by atoms with Gasteiger partial charge in [-0.3, -0.25) is 4.79 Å². The Hall–Kier alpha value is -0.840. The van der Waals surface area contributed by atoms with Crippen molar-refractivity contribution in [3.63, 3.8) is 0 Å². The van der Waals surface area contributed by atoms with E-state index in [-0.39, 0.29) is 17.6 Å². The van der Waals surface area contributed by atoms with E-state index in [2.05, 4.69) is 0 Å². The summed E-state index contributed by atoms with van der Waals surface area (Å²) in [6.45, 7) is 0. The molecule has 0 aliphatic heterocycles. The Morgan fingerprint density at radius 1 is 1.50 bits per heavy atom. The SMILES string of the molecule is N#CCC(=O)C12CCC(CC1)C2. The van der Waals surface area contributed by atoms with Crippen LogP contribution in [0.25, 0.3) is 0 Å². The molecule has 0 aromatic rings. The maximum atomic E-state index is 11.6. The Balaban J connectivity index is 2.12. The molecule has 2 bridgehead atoms. The van der Waals surface area contributed by atoms with Crippen LogP contribution in [-0.4, -0.2) is 5.78 Å². The fourth-order valence-electron chi connectivity index (χ4n) is 2.84. The van der Waals surface area contributed by atoms with Gasteiger partial charge in [-0.05, 0) is 38.0 Å². The molecule has 0 atom stereocenters. The number of Topliss-reactive ketones (excluding diaryl/α,β-unsaturated/α-hetero) is 1. The average molecular weight is 163 g/mol. The summed E-state index contributed by atoms with van der Waals surface area (Å²) < 4.78 is 0. The molecule has 2 aliphatic carbocycles. The van der Waals surface area contributed by atoms with E-state index in [4.69, 9.17) is 5.26 Å². The van der Waals surface area contributed by atoms with Gasteiger partial charge >= 0.3 is 0 Å². The van der Waals surface area contributed by atoms with Gasteiger partial charge in [-0.15, -0.1) is 0 Å². The number of ketones is 1. The Morgan fingerprint density at radius 2 is 2.17 bits per heavy atom. The summed E-state index contributed by atoms with van der Waals surface area (Å²) in [5, 5.41) is 8.45. The maximum absolute atomic E-state index is 11.6. The molecule has 2 saturated carbocycles. The van der Waals surface area contributed by atoms with E-state index >= 15 is 0 Å². The first-order valence-corrected chi connectivity index (χ1v) is 4.67. The van der Waals surface area contributed by atoms with Gasteiger partial charge in [-0.25, -0.2) is 0 Å². The Kier molecular flexibility index (Phi) is 1.68. The minimum Gasteiger partial charge on any atom is -0.298 e. The number of nitrogens with zero attached hydrogens (tertiary/aromatic N) is 1. The van der Waals surface area contributed by atoms with Crippen LogP contribution in [0.1, 0.15) is 38.5 Å². The van der Waals surface area contributed by atoms with Gasteiger partial charge in [0.1, 0.15) is 0 Å². The second-order valence-electron chi connectivity index (χ2n) is 4.19. The maximum Gasteiger partial charge on any atom is 0.153 e. The van der Waals surface area contributed by atoms with Crippen LogP contribution in [-0.2, 0) is 4.79 Å². The third kappa shape index (κ3) is 0.964. The minimum absolute atomic E-state index is 0.0413. The predicted molar refractivity (Wildman–Crippen MR) is 44.2 cm³/mol. The Bertz CT molecular complexity index is 243. The number of rotatable bonds is 2. The van der Waals surface area contributed by atoms with E-state index in [1.807, 2.05) is 6.07 Å². The zero-order chi connectivity index (χ0) is 8.60. The summed E-state index contributed by atoms with van der Waals surface area (Å²) in [6.07, 6.45) is 5.75. The summed E-state index contributed by atoms with van der Waals surface area (Å²) in [6, 6.07) is 1.97. The summed E-state index contributed by atoms with van der Waals surface area (Å²) in [5.41, 5.74) is -0.0413. The second-order valence-corrected chi connectivity index (χ2v) is 4.19. The molecular weight excluding hydrogens is 150 g/mol. The highest BCUT2D eigenvalue weighted by atomic mass is 16.1. The van der Waals surface area contributed by atoms with Crippen LogP contribution in [0, 0.1) is 22.7 Å². The zero-order valence-electron chi connectivity index (χ0n) is 7.18. The normalized spacial score (nSPS) is 38.1. The highest BCUT2D eigenvalue weighted by molar-refractivity contribution is 5.87. The van der Waals surface area contributed by atoms with Gasteiger partial charge in [-0.2, -0.15) is 5.26 Å². The summed E-state index contributed by atoms with van der Waals surface area (Å²) in [7, 11) is 0. The van der Waals surface area contributed by atoms with E-state index in [1.165, 1.54) is 12.8 Å². The number of hydrogen-bond acceptors (Lipinski definition) is 2. The van der Waals surface area contributed by atoms with Gasteiger partial charge in [0, 0.05) is 5.41 Å². The molecule has 0 saturated heterocycles. The third-order valence-corrected chi connectivity index (χ3v) is 3.57. The minimum atomic E-state index is -0.0413. The van der Waals surface area contributed by atoms with E-state index < -0.39 is 0 Å². The van der Waals surface area contributed by atoms with E-state index in [1.54, 1.807) is 0 Å². The summed E-state index contributed by atoms with van der Waals surface area (Å²) >= 11 is 0.